The van der Waals surface area contributed by atoms with Crippen molar-refractivity contribution in [2.24, 2.45) is 11.8 Å². The predicted octanol–water partition coefficient (Wildman–Crippen LogP) is 4.41. The van der Waals surface area contributed by atoms with Crippen molar-refractivity contribution in [1.29, 1.82) is 0 Å². The van der Waals surface area contributed by atoms with Gasteiger partial charge in [-0.05, 0) is 67.6 Å². The summed E-state index contributed by atoms with van der Waals surface area (Å²) in [6.45, 7) is 8.93. The van der Waals surface area contributed by atoms with E-state index in [1.807, 2.05) is 0 Å². The molecule has 110 valence electrons. The van der Waals surface area contributed by atoms with Crippen molar-refractivity contribution in [3.05, 3.63) is 29.3 Å². The van der Waals surface area contributed by atoms with E-state index in [1.54, 1.807) is 0 Å². The van der Waals surface area contributed by atoms with E-state index in [0.717, 1.165) is 16.7 Å². The Morgan fingerprint density at radius 2 is 1.90 bits per heavy atom. The minimum atomic E-state index is 0.505. The lowest BCUT2D eigenvalue weighted by molar-refractivity contribution is 0.225. The van der Waals surface area contributed by atoms with Crippen LogP contribution < -0.4 is 10.6 Å². The highest BCUT2D eigenvalue weighted by molar-refractivity contribution is 7.80. The van der Waals surface area contributed by atoms with Gasteiger partial charge in [-0.1, -0.05) is 32.8 Å². The molecule has 0 saturated heterocycles. The van der Waals surface area contributed by atoms with Crippen LogP contribution in [-0.2, 0) is 0 Å². The van der Waals surface area contributed by atoms with Crippen LogP contribution in [0.1, 0.15) is 44.2 Å². The van der Waals surface area contributed by atoms with Crippen LogP contribution in [0, 0.1) is 25.7 Å². The summed E-state index contributed by atoms with van der Waals surface area (Å²) in [6.07, 6.45) is 3.87. The van der Waals surface area contributed by atoms with E-state index >= 15 is 0 Å². The van der Waals surface area contributed by atoms with Crippen LogP contribution in [-0.4, -0.2) is 11.2 Å². The van der Waals surface area contributed by atoms with Crippen molar-refractivity contribution < 1.29 is 0 Å². The highest BCUT2D eigenvalue weighted by Crippen LogP contribution is 2.29. The van der Waals surface area contributed by atoms with Gasteiger partial charge in [0.05, 0.1) is 0 Å². The molecule has 1 aromatic rings. The van der Waals surface area contributed by atoms with E-state index in [2.05, 4.69) is 56.5 Å². The first-order valence-electron chi connectivity index (χ1n) is 7.62. The van der Waals surface area contributed by atoms with Gasteiger partial charge < -0.3 is 10.6 Å². The lowest BCUT2D eigenvalue weighted by Gasteiger charge is -2.35. The Hall–Kier alpha value is -1.09. The third-order valence-electron chi connectivity index (χ3n) is 4.79. The van der Waals surface area contributed by atoms with Gasteiger partial charge in [0.25, 0.3) is 0 Å². The number of nitrogens with one attached hydrogen (secondary N) is 2. The average Bonchev–Trinajstić information content (AvgIpc) is 2.39. The summed E-state index contributed by atoms with van der Waals surface area (Å²) in [4.78, 5) is 0. The lowest BCUT2D eigenvalue weighted by atomic mass is 9.78. The van der Waals surface area contributed by atoms with Gasteiger partial charge in [0.2, 0.25) is 0 Å². The van der Waals surface area contributed by atoms with Crippen LogP contribution in [0.2, 0.25) is 0 Å². The van der Waals surface area contributed by atoms with E-state index in [9.17, 15) is 0 Å². The largest absolute Gasteiger partial charge is 0.359 e. The van der Waals surface area contributed by atoms with Gasteiger partial charge in [0.15, 0.2) is 5.11 Å². The van der Waals surface area contributed by atoms with E-state index in [0.29, 0.717) is 12.0 Å². The molecule has 1 fully saturated rings. The van der Waals surface area contributed by atoms with Gasteiger partial charge in [0.1, 0.15) is 0 Å². The molecular weight excluding hydrogens is 264 g/mol. The number of anilines is 1. The summed E-state index contributed by atoms with van der Waals surface area (Å²) in [7, 11) is 0. The average molecular weight is 290 g/mol. The fourth-order valence-electron chi connectivity index (χ4n) is 2.94. The molecule has 0 bridgehead atoms. The fraction of sp³-hybridized carbons (Fsp3) is 0.588. The van der Waals surface area contributed by atoms with Crippen molar-refractivity contribution in [3.63, 3.8) is 0 Å². The van der Waals surface area contributed by atoms with Crippen molar-refractivity contribution in [1.82, 2.24) is 5.32 Å². The second-order valence-corrected chi connectivity index (χ2v) is 6.68. The van der Waals surface area contributed by atoms with Crippen molar-refractivity contribution in [2.75, 3.05) is 5.32 Å². The number of hydrogen-bond acceptors (Lipinski definition) is 1. The molecule has 1 aromatic carbocycles. The van der Waals surface area contributed by atoms with Crippen LogP contribution in [0.5, 0.6) is 0 Å². The topological polar surface area (TPSA) is 24.1 Å². The molecule has 0 aromatic heterocycles. The Balaban J connectivity index is 1.93. The number of benzene rings is 1. The van der Waals surface area contributed by atoms with Crippen LogP contribution in [0.4, 0.5) is 5.69 Å². The number of aryl methyl sites for hydroxylation is 2. The lowest BCUT2D eigenvalue weighted by Crippen LogP contribution is -2.45. The Morgan fingerprint density at radius 3 is 2.60 bits per heavy atom. The zero-order chi connectivity index (χ0) is 14.7. The molecule has 3 heteroatoms. The Labute approximate surface area is 128 Å². The molecule has 0 amide bonds. The van der Waals surface area contributed by atoms with Crippen molar-refractivity contribution in [2.45, 2.75) is 53.0 Å². The van der Waals surface area contributed by atoms with E-state index in [1.165, 1.54) is 30.4 Å². The summed E-state index contributed by atoms with van der Waals surface area (Å²) < 4.78 is 0. The molecule has 20 heavy (non-hydrogen) atoms. The second kappa shape index (κ2) is 6.57. The molecule has 0 spiro atoms. The third-order valence-corrected chi connectivity index (χ3v) is 5.01. The highest BCUT2D eigenvalue weighted by atomic mass is 32.1. The summed E-state index contributed by atoms with van der Waals surface area (Å²) in [5, 5.41) is 7.56. The SMILES string of the molecule is Cc1ccc(NC(=S)N[C@@H]2CCC[C@@H](C)[C@H]2C)cc1C. The Kier molecular flexibility index (Phi) is 5.03. The Morgan fingerprint density at radius 1 is 1.15 bits per heavy atom. The normalized spacial score (nSPS) is 26.1. The molecule has 1 aliphatic rings. The molecule has 0 aliphatic heterocycles. The molecule has 2 N–H and O–H groups in total. The molecule has 2 rings (SSSR count). The van der Waals surface area contributed by atoms with Crippen LogP contribution >= 0.6 is 12.2 Å². The van der Waals surface area contributed by atoms with Gasteiger partial charge in [-0.2, -0.15) is 0 Å². The summed E-state index contributed by atoms with van der Waals surface area (Å²) in [5.41, 5.74) is 3.67. The maximum atomic E-state index is 5.46. The molecule has 2 nitrogen and oxygen atoms in total. The van der Waals surface area contributed by atoms with E-state index in [4.69, 9.17) is 12.2 Å². The first-order valence-corrected chi connectivity index (χ1v) is 8.03. The third kappa shape index (κ3) is 3.72. The van der Waals surface area contributed by atoms with Crippen LogP contribution in [0.3, 0.4) is 0 Å². The monoisotopic (exact) mass is 290 g/mol. The molecule has 3 atom stereocenters. The molecule has 0 unspecified atom stereocenters. The number of hydrogen-bond donors (Lipinski definition) is 2. The minimum Gasteiger partial charge on any atom is -0.359 e. The maximum Gasteiger partial charge on any atom is 0.171 e. The molecule has 1 aliphatic carbocycles. The predicted molar refractivity (Wildman–Crippen MR) is 91.2 cm³/mol. The highest BCUT2D eigenvalue weighted by Gasteiger charge is 2.27. The Bertz CT molecular complexity index is 484. The second-order valence-electron chi connectivity index (χ2n) is 6.27. The first-order chi connectivity index (χ1) is 9.47. The standard InChI is InChI=1S/C17H26N2S/c1-11-8-9-15(10-13(11)3)18-17(20)19-16-7-5-6-12(2)14(16)4/h8-10,12,14,16H,5-7H2,1-4H3,(H2,18,19,20)/t12-,14-,16-/m1/s1. The smallest absolute Gasteiger partial charge is 0.171 e. The fourth-order valence-corrected chi connectivity index (χ4v) is 3.21. The number of rotatable bonds is 2. The molecular formula is C17H26N2S. The molecule has 0 radical (unpaired) electrons. The maximum absolute atomic E-state index is 5.46. The van der Waals surface area contributed by atoms with Gasteiger partial charge in [-0.15, -0.1) is 0 Å². The summed E-state index contributed by atoms with van der Waals surface area (Å²) in [5.74, 6) is 1.47. The van der Waals surface area contributed by atoms with Crippen molar-refractivity contribution >= 4 is 23.0 Å². The van der Waals surface area contributed by atoms with Crippen LogP contribution in [0.15, 0.2) is 18.2 Å². The quantitative estimate of drug-likeness (QED) is 0.789. The first kappa shape index (κ1) is 15.3. The summed E-state index contributed by atoms with van der Waals surface area (Å²) in [6, 6.07) is 6.87. The summed E-state index contributed by atoms with van der Waals surface area (Å²) >= 11 is 5.46. The van der Waals surface area contributed by atoms with Crippen molar-refractivity contribution in [3.8, 4) is 0 Å². The molecule has 1 saturated carbocycles. The minimum absolute atomic E-state index is 0.505. The van der Waals surface area contributed by atoms with Crippen LogP contribution in [0.25, 0.3) is 0 Å². The molecule has 0 heterocycles. The van der Waals surface area contributed by atoms with Gasteiger partial charge in [0, 0.05) is 11.7 Å². The number of thiocarbonyl (C=S) groups is 1. The zero-order valence-corrected chi connectivity index (χ0v) is 13.8. The van der Waals surface area contributed by atoms with Gasteiger partial charge in [-0.3, -0.25) is 0 Å². The van der Waals surface area contributed by atoms with Gasteiger partial charge >= 0.3 is 0 Å². The van der Waals surface area contributed by atoms with E-state index < -0.39 is 0 Å². The van der Waals surface area contributed by atoms with Gasteiger partial charge in [-0.25, -0.2) is 0 Å². The van der Waals surface area contributed by atoms with E-state index in [-0.39, 0.29) is 0 Å². The zero-order valence-electron chi connectivity index (χ0n) is 13.0.